The third-order valence-corrected chi connectivity index (χ3v) is 8.61. The summed E-state index contributed by atoms with van der Waals surface area (Å²) in [5.74, 6) is 0.802. The molecule has 9 heteroatoms. The Kier molecular flexibility index (Phi) is 10.3. The predicted octanol–water partition coefficient (Wildman–Crippen LogP) is 6.58. The van der Waals surface area contributed by atoms with Gasteiger partial charge in [-0.05, 0) is 39.9 Å². The van der Waals surface area contributed by atoms with E-state index in [2.05, 4.69) is 42.0 Å². The highest BCUT2D eigenvalue weighted by Crippen LogP contribution is 2.43. The van der Waals surface area contributed by atoms with Crippen molar-refractivity contribution in [3.05, 3.63) is 120 Å². The molecule has 4 atom stereocenters. The number of amides is 1. The molecular weight excluding hydrogens is 562 g/mol. The Morgan fingerprint density at radius 3 is 2.56 bits per heavy atom. The highest BCUT2D eigenvalue weighted by atomic mass is 32.2. The molecule has 1 amide bonds. The number of nitrogens with one attached hydrogen (secondary N) is 1. The number of thioether (sulfide) groups is 1. The van der Waals surface area contributed by atoms with Gasteiger partial charge >= 0.3 is 6.09 Å². The third-order valence-electron chi connectivity index (χ3n) is 7.47. The summed E-state index contributed by atoms with van der Waals surface area (Å²) >= 11 is 1.67. The lowest BCUT2D eigenvalue weighted by atomic mass is 9.91. The van der Waals surface area contributed by atoms with Crippen LogP contribution in [0.3, 0.4) is 0 Å². The zero-order valence-electron chi connectivity index (χ0n) is 24.4. The number of alkyl carbamates (subject to hydrolysis) is 1. The molecule has 2 heterocycles. The molecule has 1 fully saturated rings. The largest absolute Gasteiger partial charge is 0.445 e. The highest BCUT2D eigenvalue weighted by molar-refractivity contribution is 7.99. The van der Waals surface area contributed by atoms with Gasteiger partial charge < -0.3 is 29.2 Å². The topological polar surface area (TPSA) is 94.8 Å². The van der Waals surface area contributed by atoms with E-state index in [1.165, 1.54) is 6.08 Å². The van der Waals surface area contributed by atoms with Crippen molar-refractivity contribution < 1.29 is 24.1 Å². The monoisotopic (exact) mass is 599 g/mol. The molecule has 1 aromatic heterocycles. The summed E-state index contributed by atoms with van der Waals surface area (Å²) in [7, 11) is 1.99. The molecule has 0 aliphatic carbocycles. The van der Waals surface area contributed by atoms with E-state index in [9.17, 15) is 9.90 Å². The van der Waals surface area contributed by atoms with Gasteiger partial charge in [0.25, 0.3) is 0 Å². The van der Waals surface area contributed by atoms with Crippen LogP contribution < -0.4 is 5.32 Å². The fraction of sp³-hybridized carbons (Fsp3) is 0.294. The molecule has 0 saturated carbocycles. The second-order valence-electron chi connectivity index (χ2n) is 10.5. The molecule has 8 nitrogen and oxygen atoms in total. The smallest absolute Gasteiger partial charge is 0.407 e. The fourth-order valence-corrected chi connectivity index (χ4v) is 6.14. The molecule has 43 heavy (non-hydrogen) atoms. The van der Waals surface area contributed by atoms with Crippen LogP contribution in [0.2, 0.25) is 0 Å². The third kappa shape index (κ3) is 7.74. The van der Waals surface area contributed by atoms with Crippen LogP contribution >= 0.6 is 11.8 Å². The van der Waals surface area contributed by atoms with Gasteiger partial charge in [0.15, 0.2) is 11.4 Å². The minimum absolute atomic E-state index is 0.000521. The van der Waals surface area contributed by atoms with Gasteiger partial charge in [0.1, 0.15) is 6.61 Å². The molecule has 1 aliphatic heterocycles. The van der Waals surface area contributed by atoms with Crippen molar-refractivity contribution in [2.75, 3.05) is 12.4 Å². The number of aliphatic hydroxyl groups excluding tert-OH is 1. The summed E-state index contributed by atoms with van der Waals surface area (Å²) in [5.41, 5.74) is 5.82. The minimum Gasteiger partial charge on any atom is -0.445 e. The molecule has 1 saturated heterocycles. The first-order chi connectivity index (χ1) is 20.9. The normalized spacial score (nSPS) is 20.0. The van der Waals surface area contributed by atoms with Gasteiger partial charge in [0, 0.05) is 43.2 Å². The van der Waals surface area contributed by atoms with Crippen LogP contribution in [0.4, 0.5) is 4.79 Å². The van der Waals surface area contributed by atoms with Crippen LogP contribution in [0.1, 0.15) is 41.6 Å². The number of rotatable bonds is 11. The van der Waals surface area contributed by atoms with Gasteiger partial charge in [-0.1, -0.05) is 92.0 Å². The molecule has 0 radical (unpaired) electrons. The van der Waals surface area contributed by atoms with Crippen LogP contribution in [0, 0.1) is 5.92 Å². The first-order valence-electron chi connectivity index (χ1n) is 14.3. The lowest BCUT2D eigenvalue weighted by Gasteiger charge is -2.41. The second-order valence-corrected chi connectivity index (χ2v) is 11.5. The first kappa shape index (κ1) is 30.6. The number of ether oxygens (including phenoxy) is 3. The Morgan fingerprint density at radius 2 is 1.84 bits per heavy atom. The second kappa shape index (κ2) is 14.5. The molecule has 224 valence electrons. The summed E-state index contributed by atoms with van der Waals surface area (Å²) < 4.78 is 20.3. The number of aliphatic hydroxyl groups is 1. The van der Waals surface area contributed by atoms with Gasteiger partial charge in [-0.2, -0.15) is 0 Å². The summed E-state index contributed by atoms with van der Waals surface area (Å²) in [6.07, 6.45) is 3.93. The van der Waals surface area contributed by atoms with Crippen LogP contribution in [-0.2, 0) is 34.4 Å². The van der Waals surface area contributed by atoms with E-state index in [1.54, 1.807) is 18.0 Å². The van der Waals surface area contributed by atoms with Crippen molar-refractivity contribution in [3.63, 3.8) is 0 Å². The predicted molar refractivity (Wildman–Crippen MR) is 167 cm³/mol. The molecule has 5 rings (SSSR count). The Labute approximate surface area is 256 Å². The number of nitrogens with zero attached hydrogens (tertiary/aromatic N) is 2. The van der Waals surface area contributed by atoms with Gasteiger partial charge in [-0.3, -0.25) is 0 Å². The lowest BCUT2D eigenvalue weighted by molar-refractivity contribution is -0.268. The zero-order valence-corrected chi connectivity index (χ0v) is 25.2. The van der Waals surface area contributed by atoms with Crippen molar-refractivity contribution in [1.29, 1.82) is 0 Å². The van der Waals surface area contributed by atoms with E-state index in [1.807, 2.05) is 72.4 Å². The van der Waals surface area contributed by atoms with Crippen molar-refractivity contribution in [3.8, 4) is 11.1 Å². The Balaban J connectivity index is 1.37. The minimum atomic E-state index is -0.574. The van der Waals surface area contributed by atoms with E-state index in [0.717, 1.165) is 44.3 Å². The van der Waals surface area contributed by atoms with Crippen LogP contribution in [0.25, 0.3) is 11.1 Å². The molecule has 0 bridgehead atoms. The van der Waals surface area contributed by atoms with Gasteiger partial charge in [0.05, 0.1) is 18.8 Å². The maximum Gasteiger partial charge on any atom is 0.407 e. The van der Waals surface area contributed by atoms with Gasteiger partial charge in [-0.15, -0.1) is 0 Å². The number of aryl methyl sites for hydroxylation is 1. The van der Waals surface area contributed by atoms with E-state index >= 15 is 0 Å². The molecule has 3 aromatic carbocycles. The van der Waals surface area contributed by atoms with Crippen molar-refractivity contribution in [1.82, 2.24) is 14.9 Å². The Bertz CT molecular complexity index is 1520. The lowest BCUT2D eigenvalue weighted by Crippen LogP contribution is -2.38. The quantitative estimate of drug-likeness (QED) is 0.149. The first-order valence-corrected chi connectivity index (χ1v) is 15.2. The summed E-state index contributed by atoms with van der Waals surface area (Å²) in [6.45, 7) is 6.23. The summed E-state index contributed by atoms with van der Waals surface area (Å²) in [4.78, 5) is 16.3. The summed E-state index contributed by atoms with van der Waals surface area (Å²) in [5, 5.41) is 13.2. The summed E-state index contributed by atoms with van der Waals surface area (Å²) in [6, 6.07) is 24.2. The van der Waals surface area contributed by atoms with Crippen LogP contribution in [0.15, 0.2) is 103 Å². The maximum absolute atomic E-state index is 11.9. The van der Waals surface area contributed by atoms with E-state index < -0.39 is 12.4 Å². The van der Waals surface area contributed by atoms with Crippen LogP contribution in [0.5, 0.6) is 0 Å². The number of benzene rings is 3. The van der Waals surface area contributed by atoms with E-state index in [0.29, 0.717) is 6.54 Å². The van der Waals surface area contributed by atoms with Gasteiger partial charge in [0.2, 0.25) is 0 Å². The average Bonchev–Trinajstić information content (AvgIpc) is 3.46. The van der Waals surface area contributed by atoms with Crippen LogP contribution in [-0.4, -0.2) is 39.2 Å². The fourth-order valence-electron chi connectivity index (χ4n) is 5.04. The maximum atomic E-state index is 11.9. The standard InChI is InChI=1S/C34H37N3O5S/c1-4-17-40-34(39)36-20-25-7-5-8-27(18-25)28-9-6-10-29(19-28)32-41-30(22-43-33-35-15-16-37(33)3)23(2)31(42-32)26-13-11-24(21-38)12-14-26/h4-16,18-19,23,30-32,38H,1,17,20-22H2,2-3H3,(H,36,39)/t23-,30+,31+,32+/m1/s1. The number of imidazole rings is 1. The molecule has 4 aromatic rings. The number of carbonyl (C=O) groups excluding carboxylic acids is 1. The number of hydrogen-bond donors (Lipinski definition) is 2. The zero-order chi connectivity index (χ0) is 30.2. The molecule has 0 spiro atoms. The Hall–Kier alpha value is -3.89. The SMILES string of the molecule is C=CCOC(=O)NCc1cccc(-c2cccc([C@H]3O[C@@H](CSc4nccn4C)[C@@H](C)[C@@H](c4ccc(CO)cc4)O3)c2)c1. The van der Waals surface area contributed by atoms with Crippen molar-refractivity contribution in [2.24, 2.45) is 13.0 Å². The van der Waals surface area contributed by atoms with Crippen molar-refractivity contribution in [2.45, 2.75) is 43.7 Å². The molecular formula is C34H37N3O5S. The number of aromatic nitrogens is 2. The van der Waals surface area contributed by atoms with E-state index in [4.69, 9.17) is 14.2 Å². The van der Waals surface area contributed by atoms with Gasteiger partial charge in [-0.25, -0.2) is 9.78 Å². The molecule has 1 aliphatic rings. The highest BCUT2D eigenvalue weighted by Gasteiger charge is 2.38. The number of carbonyl (C=O) groups is 1. The van der Waals surface area contributed by atoms with E-state index in [-0.39, 0.29) is 31.3 Å². The van der Waals surface area contributed by atoms with Crippen molar-refractivity contribution >= 4 is 17.9 Å². The Morgan fingerprint density at radius 1 is 1.07 bits per heavy atom. The number of hydrogen-bond acceptors (Lipinski definition) is 7. The molecule has 2 N–H and O–H groups in total. The average molecular weight is 600 g/mol. The molecule has 0 unspecified atom stereocenters.